The number of aryl methyl sites for hydroxylation is 1. The lowest BCUT2D eigenvalue weighted by atomic mass is 9.88. The van der Waals surface area contributed by atoms with Crippen LogP contribution in [0.3, 0.4) is 0 Å². The Hall–Kier alpha value is -1.85. The van der Waals surface area contributed by atoms with Crippen LogP contribution >= 0.6 is 0 Å². The van der Waals surface area contributed by atoms with Gasteiger partial charge in [-0.3, -0.25) is 9.59 Å². The molecule has 1 saturated heterocycles. The number of rotatable bonds is 3. The van der Waals surface area contributed by atoms with Crippen molar-refractivity contribution in [1.29, 1.82) is 0 Å². The molecule has 2 aliphatic rings. The molecule has 3 rings (SSSR count). The Labute approximate surface area is 130 Å². The third-order valence-corrected chi connectivity index (χ3v) is 4.81. The summed E-state index contributed by atoms with van der Waals surface area (Å²) >= 11 is 0. The van der Waals surface area contributed by atoms with Crippen LogP contribution in [0.25, 0.3) is 0 Å². The fourth-order valence-corrected chi connectivity index (χ4v) is 3.48. The van der Waals surface area contributed by atoms with E-state index in [-0.39, 0.29) is 17.5 Å². The molecule has 0 radical (unpaired) electrons. The molecule has 1 amide bonds. The smallest absolute Gasteiger partial charge is 0.293 e. The van der Waals surface area contributed by atoms with Crippen LogP contribution in [0.2, 0.25) is 0 Å². The van der Waals surface area contributed by atoms with E-state index in [1.165, 1.54) is 23.8 Å². The van der Waals surface area contributed by atoms with Crippen LogP contribution in [-0.2, 0) is 11.8 Å². The van der Waals surface area contributed by atoms with Gasteiger partial charge in [-0.15, -0.1) is 0 Å². The number of anilines is 1. The molecule has 2 heterocycles. The van der Waals surface area contributed by atoms with Crippen molar-refractivity contribution in [3.05, 3.63) is 22.7 Å². The minimum absolute atomic E-state index is 0.121. The zero-order valence-corrected chi connectivity index (χ0v) is 13.1. The molecule has 1 atom stereocenters. The molecule has 1 aliphatic carbocycles. The molecule has 1 aliphatic heterocycles. The van der Waals surface area contributed by atoms with Crippen LogP contribution in [-0.4, -0.2) is 39.5 Å². The quantitative estimate of drug-likeness (QED) is 0.916. The first kappa shape index (κ1) is 15.1. The van der Waals surface area contributed by atoms with Crippen LogP contribution < -0.4 is 10.9 Å². The highest BCUT2D eigenvalue weighted by Crippen LogP contribution is 2.27. The summed E-state index contributed by atoms with van der Waals surface area (Å²) in [7, 11) is 1.71. The Kier molecular flexibility index (Phi) is 4.45. The van der Waals surface area contributed by atoms with E-state index in [9.17, 15) is 9.59 Å². The topological polar surface area (TPSA) is 67.2 Å². The van der Waals surface area contributed by atoms with Gasteiger partial charge in [0, 0.05) is 44.5 Å². The van der Waals surface area contributed by atoms with E-state index in [4.69, 9.17) is 0 Å². The third kappa shape index (κ3) is 3.15. The highest BCUT2D eigenvalue weighted by molar-refractivity contribution is 5.79. The first-order valence-corrected chi connectivity index (χ1v) is 8.22. The van der Waals surface area contributed by atoms with Gasteiger partial charge in [-0.25, -0.2) is 4.98 Å². The first-order chi connectivity index (χ1) is 10.6. The Balaban J connectivity index is 1.59. The van der Waals surface area contributed by atoms with Gasteiger partial charge >= 0.3 is 0 Å². The van der Waals surface area contributed by atoms with Gasteiger partial charge in [-0.2, -0.15) is 0 Å². The second-order valence-electron chi connectivity index (χ2n) is 6.44. The maximum Gasteiger partial charge on any atom is 0.293 e. The first-order valence-electron chi connectivity index (χ1n) is 8.22. The number of likely N-dealkylation sites (tertiary alicyclic amines) is 1. The molecule has 6 heteroatoms. The number of carbonyl (C=O) groups is 1. The normalized spacial score (nSPS) is 22.8. The molecule has 120 valence electrons. The average molecular weight is 304 g/mol. The van der Waals surface area contributed by atoms with Gasteiger partial charge in [0.1, 0.15) is 0 Å². The van der Waals surface area contributed by atoms with Gasteiger partial charge in [0.25, 0.3) is 5.56 Å². The van der Waals surface area contributed by atoms with Gasteiger partial charge in [-0.1, -0.05) is 19.3 Å². The second-order valence-corrected chi connectivity index (χ2v) is 6.44. The van der Waals surface area contributed by atoms with E-state index in [0.717, 1.165) is 25.8 Å². The fraction of sp³-hybridized carbons (Fsp3) is 0.688. The van der Waals surface area contributed by atoms with E-state index in [1.807, 2.05) is 4.90 Å². The van der Waals surface area contributed by atoms with Crippen molar-refractivity contribution in [2.24, 2.45) is 13.0 Å². The summed E-state index contributed by atoms with van der Waals surface area (Å²) in [6.07, 6.45) is 9.81. The maximum absolute atomic E-state index is 12.5. The number of hydrogen-bond acceptors (Lipinski definition) is 4. The lowest BCUT2D eigenvalue weighted by Crippen LogP contribution is -2.37. The largest absolute Gasteiger partial charge is 0.361 e. The molecule has 0 spiro atoms. The molecule has 1 N–H and O–H groups in total. The number of nitrogens with one attached hydrogen (secondary N) is 1. The Morgan fingerprint density at radius 3 is 2.82 bits per heavy atom. The molecular formula is C16H24N4O2. The highest BCUT2D eigenvalue weighted by atomic mass is 16.2. The molecule has 6 nitrogen and oxygen atoms in total. The van der Waals surface area contributed by atoms with E-state index in [1.54, 1.807) is 19.4 Å². The summed E-state index contributed by atoms with van der Waals surface area (Å²) in [4.78, 5) is 30.6. The SMILES string of the molecule is Cn1ccnc(N[C@@H]2CCN(C(=O)C3CCCCC3)C2)c1=O. The van der Waals surface area contributed by atoms with Gasteiger partial charge in [0.15, 0.2) is 5.82 Å². The lowest BCUT2D eigenvalue weighted by molar-refractivity contribution is -0.135. The number of amides is 1. The van der Waals surface area contributed by atoms with Gasteiger partial charge < -0.3 is 14.8 Å². The van der Waals surface area contributed by atoms with E-state index in [2.05, 4.69) is 10.3 Å². The zero-order chi connectivity index (χ0) is 15.5. The molecular weight excluding hydrogens is 280 g/mol. The monoisotopic (exact) mass is 304 g/mol. The van der Waals surface area contributed by atoms with Crippen molar-refractivity contribution in [2.75, 3.05) is 18.4 Å². The van der Waals surface area contributed by atoms with Crippen molar-refractivity contribution in [2.45, 2.75) is 44.6 Å². The van der Waals surface area contributed by atoms with E-state index in [0.29, 0.717) is 18.3 Å². The second kappa shape index (κ2) is 6.50. The number of hydrogen-bond donors (Lipinski definition) is 1. The van der Waals surface area contributed by atoms with Gasteiger partial charge in [0.2, 0.25) is 5.91 Å². The molecule has 0 bridgehead atoms. The van der Waals surface area contributed by atoms with Crippen molar-refractivity contribution >= 4 is 11.7 Å². The molecule has 1 saturated carbocycles. The highest BCUT2D eigenvalue weighted by Gasteiger charge is 2.31. The number of nitrogens with zero attached hydrogens (tertiary/aromatic N) is 3. The predicted octanol–water partition coefficient (Wildman–Crippen LogP) is 1.37. The Morgan fingerprint density at radius 2 is 2.05 bits per heavy atom. The van der Waals surface area contributed by atoms with Gasteiger partial charge in [-0.05, 0) is 19.3 Å². The summed E-state index contributed by atoms with van der Waals surface area (Å²) in [5.41, 5.74) is -0.125. The Bertz CT molecular complexity index is 592. The minimum Gasteiger partial charge on any atom is -0.361 e. The predicted molar refractivity (Wildman–Crippen MR) is 84.7 cm³/mol. The van der Waals surface area contributed by atoms with Crippen molar-refractivity contribution in [1.82, 2.24) is 14.5 Å². The molecule has 0 unspecified atom stereocenters. The molecule has 1 aromatic heterocycles. The third-order valence-electron chi connectivity index (χ3n) is 4.81. The van der Waals surface area contributed by atoms with Crippen molar-refractivity contribution in [3.8, 4) is 0 Å². The number of aromatic nitrogens is 2. The van der Waals surface area contributed by atoms with Crippen LogP contribution in [0, 0.1) is 5.92 Å². The molecule has 0 aromatic carbocycles. The van der Waals surface area contributed by atoms with Crippen molar-refractivity contribution < 1.29 is 4.79 Å². The van der Waals surface area contributed by atoms with E-state index < -0.39 is 0 Å². The summed E-state index contributed by atoms with van der Waals surface area (Å²) in [6, 6.07) is 0.121. The Morgan fingerprint density at radius 1 is 1.27 bits per heavy atom. The maximum atomic E-state index is 12.5. The van der Waals surface area contributed by atoms with Crippen molar-refractivity contribution in [3.63, 3.8) is 0 Å². The molecule has 2 fully saturated rings. The van der Waals surface area contributed by atoms with Crippen LogP contribution in [0.15, 0.2) is 17.2 Å². The minimum atomic E-state index is -0.125. The van der Waals surface area contributed by atoms with E-state index >= 15 is 0 Å². The van der Waals surface area contributed by atoms with Crippen LogP contribution in [0.1, 0.15) is 38.5 Å². The lowest BCUT2D eigenvalue weighted by Gasteiger charge is -2.26. The standard InChI is InChI=1S/C16H24N4O2/c1-19-10-8-17-14(16(19)22)18-13-7-9-20(11-13)15(21)12-5-3-2-4-6-12/h8,10,12-13H,2-7,9,11H2,1H3,(H,17,18)/t13-/m1/s1. The molecule has 1 aromatic rings. The van der Waals surface area contributed by atoms with Crippen LogP contribution in [0.5, 0.6) is 0 Å². The summed E-state index contributed by atoms with van der Waals surface area (Å²) in [5, 5.41) is 3.20. The molecule has 22 heavy (non-hydrogen) atoms. The summed E-state index contributed by atoms with van der Waals surface area (Å²) in [6.45, 7) is 1.45. The van der Waals surface area contributed by atoms with Crippen LogP contribution in [0.4, 0.5) is 5.82 Å². The van der Waals surface area contributed by atoms with Gasteiger partial charge in [0.05, 0.1) is 0 Å². The number of carbonyl (C=O) groups excluding carboxylic acids is 1. The summed E-state index contributed by atoms with van der Waals surface area (Å²) < 4.78 is 1.51. The fourth-order valence-electron chi connectivity index (χ4n) is 3.48. The average Bonchev–Trinajstić information content (AvgIpc) is 3.00. The summed E-state index contributed by atoms with van der Waals surface area (Å²) in [5.74, 6) is 0.898. The zero-order valence-electron chi connectivity index (χ0n) is 13.1.